The molecular weight excluding hydrogens is 138 g/mol. The molecule has 0 unspecified atom stereocenters. The third-order valence-corrected chi connectivity index (χ3v) is 2.19. The number of nitrogens with one attached hydrogen (secondary N) is 1. The Hall–Kier alpha value is -0.0800. The second-order valence-corrected chi connectivity index (χ2v) is 3.77. The standard InChI is InChI=1S/C9H19NO/c1-7(2)10-9-4-5-11-6-8(9)3/h7-10H,4-6H2,1-3H3/t8-,9+/m0/s1. The zero-order valence-electron chi connectivity index (χ0n) is 7.76. The van der Waals surface area contributed by atoms with Crippen LogP contribution in [0.4, 0.5) is 0 Å². The third-order valence-electron chi connectivity index (χ3n) is 2.19. The van der Waals surface area contributed by atoms with Crippen LogP contribution in [0.1, 0.15) is 27.2 Å². The summed E-state index contributed by atoms with van der Waals surface area (Å²) in [6.07, 6.45) is 1.17. The summed E-state index contributed by atoms with van der Waals surface area (Å²) in [4.78, 5) is 0. The average Bonchev–Trinajstić information content (AvgIpc) is 1.93. The normalized spacial score (nSPS) is 32.7. The molecule has 1 fully saturated rings. The van der Waals surface area contributed by atoms with Gasteiger partial charge in [-0.1, -0.05) is 20.8 Å². The van der Waals surface area contributed by atoms with Crippen molar-refractivity contribution in [2.75, 3.05) is 13.2 Å². The molecule has 2 heteroatoms. The quantitative estimate of drug-likeness (QED) is 0.654. The highest BCUT2D eigenvalue weighted by Crippen LogP contribution is 2.13. The van der Waals surface area contributed by atoms with Crippen LogP contribution in [0.3, 0.4) is 0 Å². The molecule has 0 amide bonds. The van der Waals surface area contributed by atoms with E-state index in [0.717, 1.165) is 13.2 Å². The van der Waals surface area contributed by atoms with Crippen LogP contribution < -0.4 is 5.32 Å². The molecule has 2 atom stereocenters. The van der Waals surface area contributed by atoms with Gasteiger partial charge in [0.15, 0.2) is 0 Å². The van der Waals surface area contributed by atoms with Crippen LogP contribution >= 0.6 is 0 Å². The lowest BCUT2D eigenvalue weighted by Gasteiger charge is -2.31. The minimum absolute atomic E-state index is 0.598. The largest absolute Gasteiger partial charge is 0.381 e. The Morgan fingerprint density at radius 3 is 2.73 bits per heavy atom. The fourth-order valence-corrected chi connectivity index (χ4v) is 1.56. The molecule has 0 aromatic carbocycles. The monoisotopic (exact) mass is 157 g/mol. The maximum atomic E-state index is 5.35. The Morgan fingerprint density at radius 2 is 2.18 bits per heavy atom. The van der Waals surface area contributed by atoms with E-state index in [1.54, 1.807) is 0 Å². The van der Waals surface area contributed by atoms with Crippen molar-refractivity contribution in [3.8, 4) is 0 Å². The summed E-state index contributed by atoms with van der Waals surface area (Å²) >= 11 is 0. The van der Waals surface area contributed by atoms with Gasteiger partial charge in [0.05, 0.1) is 6.61 Å². The van der Waals surface area contributed by atoms with E-state index in [2.05, 4.69) is 26.1 Å². The Labute approximate surface area is 69.3 Å². The van der Waals surface area contributed by atoms with Crippen LogP contribution in [0, 0.1) is 5.92 Å². The van der Waals surface area contributed by atoms with Crippen LogP contribution in [0.5, 0.6) is 0 Å². The van der Waals surface area contributed by atoms with Crippen LogP contribution in [-0.4, -0.2) is 25.3 Å². The molecule has 0 aromatic heterocycles. The first-order chi connectivity index (χ1) is 5.20. The number of hydrogen-bond acceptors (Lipinski definition) is 2. The van der Waals surface area contributed by atoms with E-state index >= 15 is 0 Å². The fourth-order valence-electron chi connectivity index (χ4n) is 1.56. The van der Waals surface area contributed by atoms with Crippen LogP contribution in [-0.2, 0) is 4.74 Å². The molecule has 1 aliphatic heterocycles. The molecule has 0 aromatic rings. The minimum Gasteiger partial charge on any atom is -0.381 e. The van der Waals surface area contributed by atoms with Crippen molar-refractivity contribution in [3.05, 3.63) is 0 Å². The average molecular weight is 157 g/mol. The van der Waals surface area contributed by atoms with Crippen LogP contribution in [0.25, 0.3) is 0 Å². The van der Waals surface area contributed by atoms with Crippen molar-refractivity contribution in [2.24, 2.45) is 5.92 Å². The highest BCUT2D eigenvalue weighted by Gasteiger charge is 2.21. The molecule has 0 saturated carbocycles. The van der Waals surface area contributed by atoms with Gasteiger partial charge in [-0.15, -0.1) is 0 Å². The first kappa shape index (κ1) is 9.01. The van der Waals surface area contributed by atoms with Gasteiger partial charge >= 0.3 is 0 Å². The summed E-state index contributed by atoms with van der Waals surface area (Å²) < 4.78 is 5.35. The summed E-state index contributed by atoms with van der Waals surface area (Å²) in [6, 6.07) is 1.27. The molecule has 0 bridgehead atoms. The smallest absolute Gasteiger partial charge is 0.0506 e. The van der Waals surface area contributed by atoms with Gasteiger partial charge in [-0.3, -0.25) is 0 Å². The topological polar surface area (TPSA) is 21.3 Å². The minimum atomic E-state index is 0.598. The maximum absolute atomic E-state index is 5.35. The third kappa shape index (κ3) is 2.80. The Balaban J connectivity index is 2.29. The molecule has 1 aliphatic rings. The highest BCUT2D eigenvalue weighted by atomic mass is 16.5. The molecule has 1 heterocycles. The first-order valence-electron chi connectivity index (χ1n) is 4.54. The summed E-state index contributed by atoms with van der Waals surface area (Å²) in [5.41, 5.74) is 0. The second kappa shape index (κ2) is 4.07. The second-order valence-electron chi connectivity index (χ2n) is 3.77. The Morgan fingerprint density at radius 1 is 1.45 bits per heavy atom. The van der Waals surface area contributed by atoms with Gasteiger partial charge < -0.3 is 10.1 Å². The van der Waals surface area contributed by atoms with Crippen molar-refractivity contribution in [2.45, 2.75) is 39.3 Å². The summed E-state index contributed by atoms with van der Waals surface area (Å²) in [6.45, 7) is 8.49. The lowest BCUT2D eigenvalue weighted by atomic mass is 9.97. The molecule has 1 N–H and O–H groups in total. The van der Waals surface area contributed by atoms with Crippen molar-refractivity contribution in [1.29, 1.82) is 0 Å². The van der Waals surface area contributed by atoms with Gasteiger partial charge in [0.2, 0.25) is 0 Å². The highest BCUT2D eigenvalue weighted by molar-refractivity contribution is 4.77. The van der Waals surface area contributed by atoms with Gasteiger partial charge in [0.25, 0.3) is 0 Å². The molecule has 0 radical (unpaired) electrons. The lowest BCUT2D eigenvalue weighted by Crippen LogP contribution is -2.44. The SMILES string of the molecule is CC(C)N[C@@H]1CCOC[C@@H]1C. The molecule has 66 valence electrons. The van der Waals surface area contributed by atoms with Crippen LogP contribution in [0.2, 0.25) is 0 Å². The van der Waals surface area contributed by atoms with E-state index in [-0.39, 0.29) is 0 Å². The molecule has 2 nitrogen and oxygen atoms in total. The predicted octanol–water partition coefficient (Wildman–Crippen LogP) is 1.41. The van der Waals surface area contributed by atoms with Crippen molar-refractivity contribution < 1.29 is 4.74 Å². The zero-order chi connectivity index (χ0) is 8.27. The van der Waals surface area contributed by atoms with Gasteiger partial charge in [-0.25, -0.2) is 0 Å². The van der Waals surface area contributed by atoms with E-state index in [1.807, 2.05) is 0 Å². The lowest BCUT2D eigenvalue weighted by molar-refractivity contribution is 0.0370. The number of hydrogen-bond donors (Lipinski definition) is 1. The van der Waals surface area contributed by atoms with Crippen molar-refractivity contribution >= 4 is 0 Å². The maximum Gasteiger partial charge on any atom is 0.0506 e. The summed E-state index contributed by atoms with van der Waals surface area (Å²) in [5.74, 6) is 0.672. The van der Waals surface area contributed by atoms with Crippen molar-refractivity contribution in [3.63, 3.8) is 0 Å². The molecule has 0 aliphatic carbocycles. The van der Waals surface area contributed by atoms with Gasteiger partial charge in [-0.2, -0.15) is 0 Å². The van der Waals surface area contributed by atoms with Gasteiger partial charge in [-0.05, 0) is 12.3 Å². The van der Waals surface area contributed by atoms with Crippen molar-refractivity contribution in [1.82, 2.24) is 5.32 Å². The number of ether oxygens (including phenoxy) is 1. The summed E-state index contributed by atoms with van der Waals surface area (Å²) in [5, 5.41) is 3.55. The van der Waals surface area contributed by atoms with E-state index in [1.165, 1.54) is 6.42 Å². The number of rotatable bonds is 2. The summed E-state index contributed by atoms with van der Waals surface area (Å²) in [7, 11) is 0. The van der Waals surface area contributed by atoms with Crippen LogP contribution in [0.15, 0.2) is 0 Å². The zero-order valence-corrected chi connectivity index (χ0v) is 7.76. The van der Waals surface area contributed by atoms with E-state index in [9.17, 15) is 0 Å². The first-order valence-corrected chi connectivity index (χ1v) is 4.54. The van der Waals surface area contributed by atoms with E-state index in [4.69, 9.17) is 4.74 Å². The molecular formula is C9H19NO. The Kier molecular flexibility index (Phi) is 3.34. The molecule has 11 heavy (non-hydrogen) atoms. The predicted molar refractivity (Wildman–Crippen MR) is 46.7 cm³/mol. The molecule has 1 rings (SSSR count). The van der Waals surface area contributed by atoms with E-state index < -0.39 is 0 Å². The molecule has 1 saturated heterocycles. The van der Waals surface area contributed by atoms with Gasteiger partial charge in [0.1, 0.15) is 0 Å². The van der Waals surface area contributed by atoms with Gasteiger partial charge in [0, 0.05) is 18.7 Å². The fraction of sp³-hybridized carbons (Fsp3) is 1.00. The Bertz CT molecular complexity index is 114. The van der Waals surface area contributed by atoms with E-state index in [0.29, 0.717) is 18.0 Å². The molecule has 0 spiro atoms.